The van der Waals surface area contributed by atoms with Crippen LogP contribution >= 0.6 is 11.6 Å². The number of pyridine rings is 1. The highest BCUT2D eigenvalue weighted by atomic mass is 35.5. The zero-order chi connectivity index (χ0) is 34.2. The van der Waals surface area contributed by atoms with Crippen molar-refractivity contribution in [3.05, 3.63) is 94.3 Å². The van der Waals surface area contributed by atoms with Crippen LogP contribution in [0.2, 0.25) is 5.02 Å². The van der Waals surface area contributed by atoms with Gasteiger partial charge in [-0.1, -0.05) is 11.6 Å². The molecule has 0 radical (unpaired) electrons. The number of aliphatic hydroxyl groups is 1. The number of nitrogens with one attached hydrogen (secondary N) is 1. The third kappa shape index (κ3) is 6.36. The Balaban J connectivity index is 1.45. The van der Waals surface area contributed by atoms with Crippen LogP contribution in [0.3, 0.4) is 0 Å². The lowest BCUT2D eigenvalue weighted by atomic mass is 9.91. The van der Waals surface area contributed by atoms with Gasteiger partial charge in [-0.15, -0.1) is 0 Å². The number of halogens is 3. The maximum atomic E-state index is 15.3. The summed E-state index contributed by atoms with van der Waals surface area (Å²) in [6.07, 6.45) is 7.49. The number of methoxy groups -OCH3 is 1. The van der Waals surface area contributed by atoms with Crippen molar-refractivity contribution in [3.8, 4) is 22.8 Å². The van der Waals surface area contributed by atoms with Crippen molar-refractivity contribution in [1.29, 1.82) is 0 Å². The molecule has 1 aliphatic carbocycles. The molecule has 3 heterocycles. The third-order valence-corrected chi connectivity index (χ3v) is 8.17. The van der Waals surface area contributed by atoms with E-state index in [1.165, 1.54) is 31.8 Å². The topological polar surface area (TPSA) is 167 Å². The molecule has 248 valence electrons. The van der Waals surface area contributed by atoms with Crippen LogP contribution in [-0.2, 0) is 16.8 Å². The van der Waals surface area contributed by atoms with Gasteiger partial charge in [0.05, 0.1) is 55.3 Å². The first-order valence-corrected chi connectivity index (χ1v) is 15.3. The standard InChI is InChI=1S/C33H30ClF2N7O5/c1-3-48-31-17(11-28(37)44)10-26(41-30(31)21-12-22(34)24(36)13-23(21)35)33(46,27-14-38-6-7-39-27)16-40-32(45)18-8-19-15-43(20-4-5-20)42-29(19)25(9-18)47-2/h6-10,12-15,20,46H,3-5,11,16H2,1-2H3,(H2,37,44)(H,40,45)/t33-/m0/s1. The molecule has 15 heteroatoms. The van der Waals surface area contributed by atoms with Crippen molar-refractivity contribution in [2.24, 2.45) is 5.73 Å². The molecule has 1 aliphatic rings. The Kier molecular flexibility index (Phi) is 8.95. The second kappa shape index (κ2) is 13.1. The van der Waals surface area contributed by atoms with Crippen molar-refractivity contribution in [3.63, 3.8) is 0 Å². The number of primary amides is 1. The quantitative estimate of drug-likeness (QED) is 0.164. The summed E-state index contributed by atoms with van der Waals surface area (Å²) in [6.45, 7) is 1.23. The Morgan fingerprint density at radius 1 is 1.15 bits per heavy atom. The summed E-state index contributed by atoms with van der Waals surface area (Å²) in [6, 6.07) is 6.48. The van der Waals surface area contributed by atoms with E-state index in [4.69, 9.17) is 26.8 Å². The van der Waals surface area contributed by atoms with Crippen molar-refractivity contribution in [1.82, 2.24) is 30.0 Å². The first kappa shape index (κ1) is 32.7. The fraction of sp³-hybridized carbons (Fsp3) is 0.273. The fourth-order valence-electron chi connectivity index (χ4n) is 5.38. The van der Waals surface area contributed by atoms with Gasteiger partial charge in [0.15, 0.2) is 5.60 Å². The summed E-state index contributed by atoms with van der Waals surface area (Å²) in [5.74, 6) is -3.00. The Bertz CT molecular complexity index is 2040. The number of benzene rings is 2. The SMILES string of the molecule is CCOc1c(CC(N)=O)cc([C@@](O)(CNC(=O)c2cc(OC)c3nn(C4CC4)cc3c2)c2cnccn2)nc1-c1cc(Cl)c(F)cc1F. The smallest absolute Gasteiger partial charge is 0.251 e. The minimum Gasteiger partial charge on any atom is -0.494 e. The van der Waals surface area contributed by atoms with Crippen LogP contribution in [-0.4, -0.2) is 61.9 Å². The fourth-order valence-corrected chi connectivity index (χ4v) is 5.54. The van der Waals surface area contributed by atoms with Crippen molar-refractivity contribution >= 4 is 34.3 Å². The van der Waals surface area contributed by atoms with Gasteiger partial charge in [-0.3, -0.25) is 24.2 Å². The van der Waals surface area contributed by atoms with Crippen molar-refractivity contribution < 1.29 is 33.0 Å². The molecule has 4 N–H and O–H groups in total. The lowest BCUT2D eigenvalue weighted by Gasteiger charge is -2.29. The van der Waals surface area contributed by atoms with E-state index in [2.05, 4.69) is 25.4 Å². The molecule has 0 saturated heterocycles. The molecule has 0 bridgehead atoms. The lowest BCUT2D eigenvalue weighted by molar-refractivity contribution is -0.117. The molecule has 0 spiro atoms. The summed E-state index contributed by atoms with van der Waals surface area (Å²) in [5, 5.41) is 20.0. The third-order valence-electron chi connectivity index (χ3n) is 7.88. The van der Waals surface area contributed by atoms with Gasteiger partial charge < -0.3 is 25.6 Å². The molecule has 2 amide bonds. The molecule has 2 aromatic carbocycles. The molecule has 5 aromatic rings. The predicted molar refractivity (Wildman–Crippen MR) is 171 cm³/mol. The molecule has 6 rings (SSSR count). The Hall–Kier alpha value is -5.21. The van der Waals surface area contributed by atoms with Gasteiger partial charge in [-0.05, 0) is 44.0 Å². The van der Waals surface area contributed by atoms with E-state index < -0.39 is 47.0 Å². The molecule has 48 heavy (non-hydrogen) atoms. The zero-order valence-electron chi connectivity index (χ0n) is 25.8. The van der Waals surface area contributed by atoms with E-state index in [-0.39, 0.29) is 46.1 Å². The average molecular weight is 678 g/mol. The summed E-state index contributed by atoms with van der Waals surface area (Å²) in [7, 11) is 1.48. The number of nitrogens with two attached hydrogens (primary N) is 1. The number of nitrogens with zero attached hydrogens (tertiary/aromatic N) is 5. The number of carbonyl (C=O) groups excluding carboxylic acids is 2. The highest BCUT2D eigenvalue weighted by Crippen LogP contribution is 2.40. The minimum absolute atomic E-state index is 0.0284. The average Bonchev–Trinajstić information content (AvgIpc) is 3.84. The number of carbonyl (C=O) groups is 2. The van der Waals surface area contributed by atoms with Crippen LogP contribution in [0.15, 0.2) is 55.1 Å². The highest BCUT2D eigenvalue weighted by Gasteiger charge is 2.38. The van der Waals surface area contributed by atoms with Gasteiger partial charge in [0.25, 0.3) is 5.91 Å². The maximum absolute atomic E-state index is 15.3. The second-order valence-corrected chi connectivity index (χ2v) is 11.7. The van der Waals surface area contributed by atoms with Crippen LogP contribution in [0, 0.1) is 11.6 Å². The Labute approximate surface area is 277 Å². The van der Waals surface area contributed by atoms with Gasteiger partial charge in [0.1, 0.15) is 34.3 Å². The van der Waals surface area contributed by atoms with Crippen molar-refractivity contribution in [2.45, 2.75) is 37.8 Å². The largest absolute Gasteiger partial charge is 0.494 e. The van der Waals surface area contributed by atoms with E-state index in [0.29, 0.717) is 28.8 Å². The summed E-state index contributed by atoms with van der Waals surface area (Å²) >= 11 is 6.02. The second-order valence-electron chi connectivity index (χ2n) is 11.3. The van der Waals surface area contributed by atoms with E-state index in [1.807, 2.05) is 10.9 Å². The van der Waals surface area contributed by atoms with Gasteiger partial charge in [-0.2, -0.15) is 5.10 Å². The van der Waals surface area contributed by atoms with Gasteiger partial charge >= 0.3 is 0 Å². The first-order chi connectivity index (χ1) is 23.0. The normalized spacial score (nSPS) is 14.0. The van der Waals surface area contributed by atoms with Gasteiger partial charge in [0, 0.05) is 46.7 Å². The zero-order valence-corrected chi connectivity index (χ0v) is 26.6. The van der Waals surface area contributed by atoms with E-state index in [0.717, 1.165) is 18.9 Å². The van der Waals surface area contributed by atoms with Crippen LogP contribution < -0.4 is 20.5 Å². The van der Waals surface area contributed by atoms with Crippen LogP contribution in [0.25, 0.3) is 22.2 Å². The van der Waals surface area contributed by atoms with E-state index in [9.17, 15) is 19.1 Å². The summed E-state index contributed by atoms with van der Waals surface area (Å²) in [4.78, 5) is 38.7. The molecule has 3 aromatic heterocycles. The van der Waals surface area contributed by atoms with Crippen LogP contribution in [0.4, 0.5) is 8.78 Å². The number of rotatable bonds is 12. The Morgan fingerprint density at radius 3 is 2.60 bits per heavy atom. The maximum Gasteiger partial charge on any atom is 0.251 e. The molecule has 1 fully saturated rings. The molecule has 1 atom stereocenters. The number of fused-ring (bicyclic) bond motifs is 1. The molecule has 12 nitrogen and oxygen atoms in total. The van der Waals surface area contributed by atoms with E-state index >= 15 is 4.39 Å². The Morgan fingerprint density at radius 2 is 1.94 bits per heavy atom. The summed E-state index contributed by atoms with van der Waals surface area (Å²) < 4.78 is 42.6. The molecule has 0 aliphatic heterocycles. The van der Waals surface area contributed by atoms with Crippen LogP contribution in [0.1, 0.15) is 53.1 Å². The van der Waals surface area contributed by atoms with Crippen LogP contribution in [0.5, 0.6) is 11.5 Å². The summed E-state index contributed by atoms with van der Waals surface area (Å²) in [5.41, 5.74) is 3.66. The highest BCUT2D eigenvalue weighted by molar-refractivity contribution is 6.31. The number of ether oxygens (including phenoxy) is 2. The van der Waals surface area contributed by atoms with Crippen molar-refractivity contribution in [2.75, 3.05) is 20.3 Å². The first-order valence-electron chi connectivity index (χ1n) is 15.0. The number of amides is 2. The lowest BCUT2D eigenvalue weighted by Crippen LogP contribution is -2.43. The molecule has 1 saturated carbocycles. The van der Waals surface area contributed by atoms with Gasteiger partial charge in [0.2, 0.25) is 5.91 Å². The molecular weight excluding hydrogens is 648 g/mol. The predicted octanol–water partition coefficient (Wildman–Crippen LogP) is 4.26. The number of aromatic nitrogens is 5. The monoisotopic (exact) mass is 677 g/mol. The van der Waals surface area contributed by atoms with Gasteiger partial charge in [-0.25, -0.2) is 13.8 Å². The minimum atomic E-state index is -2.21. The molecular formula is C33H30ClF2N7O5. The van der Waals surface area contributed by atoms with E-state index in [1.54, 1.807) is 19.1 Å². The molecule has 0 unspecified atom stereocenters. The number of hydrogen-bond acceptors (Lipinski definition) is 9. The number of hydrogen-bond donors (Lipinski definition) is 3.